The molecule has 1 fully saturated rings. The lowest BCUT2D eigenvalue weighted by Crippen LogP contribution is -2.36. The molecule has 0 saturated heterocycles. The molecule has 0 aromatic heterocycles. The molecule has 1 saturated carbocycles. The van der Waals surface area contributed by atoms with Gasteiger partial charge in [-0.3, -0.25) is 9.59 Å². The first-order valence-electron chi connectivity index (χ1n) is 7.99. The average molecular weight is 323 g/mol. The quantitative estimate of drug-likeness (QED) is 0.758. The Morgan fingerprint density at radius 3 is 2.38 bits per heavy atom. The summed E-state index contributed by atoms with van der Waals surface area (Å²) in [6, 6.07) is 10.4. The number of aromatic hydroxyl groups is 1. The van der Waals surface area contributed by atoms with Crippen LogP contribution in [0.3, 0.4) is 0 Å². The number of hydrogen-bond donors (Lipinski definition) is 3. The summed E-state index contributed by atoms with van der Waals surface area (Å²) in [5.41, 5.74) is 0.587. The van der Waals surface area contributed by atoms with Crippen molar-refractivity contribution in [2.45, 2.75) is 6.42 Å². The molecule has 3 N–H and O–H groups in total. The van der Waals surface area contributed by atoms with Crippen molar-refractivity contribution in [3.05, 3.63) is 48.6 Å². The van der Waals surface area contributed by atoms with Crippen LogP contribution in [-0.4, -0.2) is 22.1 Å². The molecule has 5 heteroatoms. The number of carboxylic acids is 1. The maximum absolute atomic E-state index is 12.8. The number of benzene rings is 2. The van der Waals surface area contributed by atoms with E-state index in [0.717, 1.165) is 11.8 Å². The number of phenolic OH excluding ortho intramolecular Hbond substituents is 1. The van der Waals surface area contributed by atoms with Crippen LogP contribution in [0.1, 0.15) is 6.42 Å². The van der Waals surface area contributed by atoms with Gasteiger partial charge in [-0.15, -0.1) is 0 Å². The lowest BCUT2D eigenvalue weighted by atomic mass is 9.82. The number of anilines is 1. The Morgan fingerprint density at radius 1 is 0.958 bits per heavy atom. The van der Waals surface area contributed by atoms with Gasteiger partial charge in [0.15, 0.2) is 0 Å². The molecule has 2 bridgehead atoms. The highest BCUT2D eigenvalue weighted by molar-refractivity contribution is 6.05. The first kappa shape index (κ1) is 14.8. The van der Waals surface area contributed by atoms with Crippen LogP contribution in [0.5, 0.6) is 5.75 Å². The zero-order chi connectivity index (χ0) is 16.8. The van der Waals surface area contributed by atoms with Crippen molar-refractivity contribution in [3.8, 4) is 5.75 Å². The fourth-order valence-electron chi connectivity index (χ4n) is 4.13. The standard InChI is InChI=1S/C19H17NO4/c21-15-6-2-3-12-13(15)4-1-5-14(12)20-18(22)16-10-7-8-11(9-10)17(16)19(23)24/h1-8,10-11,16-17,21H,9H2,(H,20,22)(H,23,24). The minimum Gasteiger partial charge on any atom is -0.507 e. The third kappa shape index (κ3) is 2.16. The molecule has 24 heavy (non-hydrogen) atoms. The number of carbonyl (C=O) groups is 2. The van der Waals surface area contributed by atoms with Gasteiger partial charge in [-0.2, -0.15) is 0 Å². The number of hydrogen-bond acceptors (Lipinski definition) is 3. The van der Waals surface area contributed by atoms with E-state index in [1.165, 1.54) is 0 Å². The van der Waals surface area contributed by atoms with Gasteiger partial charge in [-0.25, -0.2) is 0 Å². The third-order valence-electron chi connectivity index (χ3n) is 5.20. The minimum absolute atomic E-state index is 0.0144. The summed E-state index contributed by atoms with van der Waals surface area (Å²) < 4.78 is 0. The van der Waals surface area contributed by atoms with E-state index in [0.29, 0.717) is 11.1 Å². The number of rotatable bonds is 3. The summed E-state index contributed by atoms with van der Waals surface area (Å²) in [5.74, 6) is -2.32. The molecule has 0 spiro atoms. The van der Waals surface area contributed by atoms with Crippen LogP contribution in [0, 0.1) is 23.7 Å². The molecular weight excluding hydrogens is 306 g/mol. The Kier molecular flexibility index (Phi) is 3.30. The first-order chi connectivity index (χ1) is 11.6. The molecule has 2 aromatic rings. The number of carbonyl (C=O) groups excluding carboxylic acids is 1. The van der Waals surface area contributed by atoms with Crippen molar-refractivity contribution in [1.82, 2.24) is 0 Å². The predicted molar refractivity (Wildman–Crippen MR) is 89.6 cm³/mol. The van der Waals surface area contributed by atoms with Crippen LogP contribution >= 0.6 is 0 Å². The van der Waals surface area contributed by atoms with Crippen LogP contribution < -0.4 is 5.32 Å². The van der Waals surface area contributed by atoms with E-state index >= 15 is 0 Å². The monoisotopic (exact) mass is 323 g/mol. The zero-order valence-electron chi connectivity index (χ0n) is 12.8. The summed E-state index contributed by atoms with van der Waals surface area (Å²) in [7, 11) is 0. The zero-order valence-corrected chi connectivity index (χ0v) is 12.8. The van der Waals surface area contributed by atoms with Crippen molar-refractivity contribution in [2.75, 3.05) is 5.32 Å². The Morgan fingerprint density at radius 2 is 1.62 bits per heavy atom. The highest BCUT2D eigenvalue weighted by atomic mass is 16.4. The van der Waals surface area contributed by atoms with Gasteiger partial charge in [-0.05, 0) is 30.4 Å². The van der Waals surface area contributed by atoms with Gasteiger partial charge in [0, 0.05) is 16.5 Å². The molecule has 2 aromatic carbocycles. The van der Waals surface area contributed by atoms with Gasteiger partial charge < -0.3 is 15.5 Å². The Labute approximate surface area is 138 Å². The number of phenols is 1. The van der Waals surface area contributed by atoms with E-state index in [1.807, 2.05) is 18.2 Å². The van der Waals surface area contributed by atoms with Gasteiger partial charge in [0.1, 0.15) is 5.75 Å². The van der Waals surface area contributed by atoms with Crippen LogP contribution in [0.2, 0.25) is 0 Å². The lowest BCUT2D eigenvalue weighted by molar-refractivity contribution is -0.146. The number of carboxylic acid groups (broad SMARTS) is 1. The van der Waals surface area contributed by atoms with Crippen LogP contribution in [0.15, 0.2) is 48.6 Å². The van der Waals surface area contributed by atoms with Gasteiger partial charge in [0.25, 0.3) is 0 Å². The molecule has 2 aliphatic rings. The second kappa shape index (κ2) is 5.37. The predicted octanol–water partition coefficient (Wildman–Crippen LogP) is 3.01. The molecule has 5 nitrogen and oxygen atoms in total. The second-order valence-corrected chi connectivity index (χ2v) is 6.51. The summed E-state index contributed by atoms with van der Waals surface area (Å²) in [5, 5.41) is 23.7. The van der Waals surface area contributed by atoms with Crippen molar-refractivity contribution < 1.29 is 19.8 Å². The Balaban J connectivity index is 1.67. The summed E-state index contributed by atoms with van der Waals surface area (Å²) in [6.07, 6.45) is 4.61. The van der Waals surface area contributed by atoms with E-state index < -0.39 is 17.8 Å². The van der Waals surface area contributed by atoms with E-state index in [1.54, 1.807) is 30.3 Å². The van der Waals surface area contributed by atoms with E-state index in [-0.39, 0.29) is 23.5 Å². The van der Waals surface area contributed by atoms with E-state index in [9.17, 15) is 19.8 Å². The smallest absolute Gasteiger partial charge is 0.307 e. The topological polar surface area (TPSA) is 86.6 Å². The van der Waals surface area contributed by atoms with Crippen LogP contribution in [0.25, 0.3) is 10.8 Å². The first-order valence-corrected chi connectivity index (χ1v) is 7.99. The maximum atomic E-state index is 12.8. The number of allylic oxidation sites excluding steroid dienone is 2. The largest absolute Gasteiger partial charge is 0.507 e. The number of amides is 1. The second-order valence-electron chi connectivity index (χ2n) is 6.51. The molecule has 4 atom stereocenters. The van der Waals surface area contributed by atoms with E-state index in [2.05, 4.69) is 5.32 Å². The van der Waals surface area contributed by atoms with E-state index in [4.69, 9.17) is 0 Å². The normalized spacial score (nSPS) is 27.5. The fraction of sp³-hybridized carbons (Fsp3) is 0.263. The highest BCUT2D eigenvalue weighted by Gasteiger charge is 2.51. The Bertz CT molecular complexity index is 873. The number of nitrogens with one attached hydrogen (secondary N) is 1. The lowest BCUT2D eigenvalue weighted by Gasteiger charge is -2.24. The summed E-state index contributed by atoms with van der Waals surface area (Å²) in [6.45, 7) is 0. The van der Waals surface area contributed by atoms with Crippen LogP contribution in [0.4, 0.5) is 5.69 Å². The SMILES string of the molecule is O=C(O)C1C2C=CC(C2)C1C(=O)Nc1cccc2c(O)cccc12. The molecule has 4 unspecified atom stereocenters. The molecule has 122 valence electrons. The van der Waals surface area contributed by atoms with Crippen molar-refractivity contribution in [2.24, 2.45) is 23.7 Å². The summed E-state index contributed by atoms with van der Waals surface area (Å²) >= 11 is 0. The molecular formula is C19H17NO4. The Hall–Kier alpha value is -2.82. The van der Waals surface area contributed by atoms with Crippen molar-refractivity contribution >= 4 is 28.3 Å². The van der Waals surface area contributed by atoms with Crippen molar-refractivity contribution in [3.63, 3.8) is 0 Å². The van der Waals surface area contributed by atoms with Gasteiger partial charge in [0.2, 0.25) is 5.91 Å². The summed E-state index contributed by atoms with van der Waals surface area (Å²) in [4.78, 5) is 24.3. The fourth-order valence-corrected chi connectivity index (χ4v) is 4.13. The van der Waals surface area contributed by atoms with Gasteiger partial charge >= 0.3 is 5.97 Å². The van der Waals surface area contributed by atoms with Crippen LogP contribution in [-0.2, 0) is 9.59 Å². The molecule has 1 amide bonds. The molecule has 0 heterocycles. The molecule has 0 radical (unpaired) electrons. The molecule has 4 rings (SSSR count). The van der Waals surface area contributed by atoms with Crippen molar-refractivity contribution in [1.29, 1.82) is 0 Å². The molecule has 2 aliphatic carbocycles. The number of aliphatic carboxylic acids is 1. The minimum atomic E-state index is -0.914. The maximum Gasteiger partial charge on any atom is 0.307 e. The average Bonchev–Trinajstić information content (AvgIpc) is 3.17. The van der Waals surface area contributed by atoms with Gasteiger partial charge in [-0.1, -0.05) is 36.4 Å². The third-order valence-corrected chi connectivity index (χ3v) is 5.20. The number of fused-ring (bicyclic) bond motifs is 3. The molecule has 0 aliphatic heterocycles. The highest BCUT2D eigenvalue weighted by Crippen LogP contribution is 2.48. The van der Waals surface area contributed by atoms with Gasteiger partial charge in [0.05, 0.1) is 11.8 Å².